The van der Waals surface area contributed by atoms with Crippen molar-refractivity contribution in [2.45, 2.75) is 32.2 Å². The number of rotatable bonds is 5. The van der Waals surface area contributed by atoms with Crippen molar-refractivity contribution in [3.63, 3.8) is 0 Å². The first kappa shape index (κ1) is 13.6. The predicted octanol–water partition coefficient (Wildman–Crippen LogP) is 2.22. The average molecular weight is 267 g/mol. The van der Waals surface area contributed by atoms with Crippen molar-refractivity contribution >= 4 is 0 Å². The second-order valence-electron chi connectivity index (χ2n) is 4.35. The Labute approximate surface area is 109 Å². The van der Waals surface area contributed by atoms with Crippen LogP contribution in [0.1, 0.15) is 30.6 Å². The smallest absolute Gasteiger partial charge is 0.231 e. The summed E-state index contributed by atoms with van der Waals surface area (Å²) >= 11 is 0. The molecule has 1 heterocycles. The molecule has 1 aromatic heterocycles. The molecule has 0 saturated carbocycles. The van der Waals surface area contributed by atoms with Crippen molar-refractivity contribution in [2.24, 2.45) is 5.73 Å². The Bertz CT molecular complexity index is 536. The van der Waals surface area contributed by atoms with Crippen LogP contribution in [0.3, 0.4) is 0 Å². The molecule has 1 aromatic carbocycles. The molecule has 0 bridgehead atoms. The first-order valence-electron chi connectivity index (χ1n) is 6.10. The molecule has 6 heteroatoms. The summed E-state index contributed by atoms with van der Waals surface area (Å²) in [5, 5.41) is 3.75. The SMILES string of the molecule is CCC(N)Cc1noc(Cc2c(F)cccc2F)n1. The molecule has 0 aliphatic heterocycles. The molecule has 2 aromatic rings. The Balaban J connectivity index is 2.12. The summed E-state index contributed by atoms with van der Waals surface area (Å²) in [7, 11) is 0. The lowest BCUT2D eigenvalue weighted by Gasteiger charge is -2.02. The van der Waals surface area contributed by atoms with Gasteiger partial charge in [0.1, 0.15) is 11.6 Å². The van der Waals surface area contributed by atoms with Crippen LogP contribution < -0.4 is 5.73 Å². The van der Waals surface area contributed by atoms with E-state index in [2.05, 4.69) is 10.1 Å². The highest BCUT2D eigenvalue weighted by molar-refractivity contribution is 5.22. The number of hydrogen-bond donors (Lipinski definition) is 1. The molecule has 0 spiro atoms. The first-order valence-corrected chi connectivity index (χ1v) is 6.10. The van der Waals surface area contributed by atoms with Crippen LogP contribution in [0, 0.1) is 11.6 Å². The molecule has 19 heavy (non-hydrogen) atoms. The molecule has 0 saturated heterocycles. The minimum Gasteiger partial charge on any atom is -0.339 e. The van der Waals surface area contributed by atoms with Crippen LogP contribution in [-0.2, 0) is 12.8 Å². The molecule has 4 nitrogen and oxygen atoms in total. The lowest BCUT2D eigenvalue weighted by atomic mass is 10.1. The fourth-order valence-electron chi connectivity index (χ4n) is 1.68. The summed E-state index contributed by atoms with van der Waals surface area (Å²) in [6, 6.07) is 3.66. The number of hydrogen-bond acceptors (Lipinski definition) is 4. The van der Waals surface area contributed by atoms with Crippen molar-refractivity contribution in [1.82, 2.24) is 10.1 Å². The normalized spacial score (nSPS) is 12.6. The maximum Gasteiger partial charge on any atom is 0.231 e. The summed E-state index contributed by atoms with van der Waals surface area (Å²) in [6.07, 6.45) is 1.22. The van der Waals surface area contributed by atoms with Gasteiger partial charge < -0.3 is 10.3 Å². The van der Waals surface area contributed by atoms with Crippen molar-refractivity contribution in [3.05, 3.63) is 47.1 Å². The predicted molar refractivity (Wildman–Crippen MR) is 65.4 cm³/mol. The Morgan fingerprint density at radius 1 is 1.32 bits per heavy atom. The lowest BCUT2D eigenvalue weighted by Crippen LogP contribution is -2.22. The van der Waals surface area contributed by atoms with Gasteiger partial charge in [-0.3, -0.25) is 0 Å². The van der Waals surface area contributed by atoms with Crippen LogP contribution in [0.15, 0.2) is 22.7 Å². The summed E-state index contributed by atoms with van der Waals surface area (Å²) in [6.45, 7) is 1.96. The molecular weight excluding hydrogens is 252 g/mol. The summed E-state index contributed by atoms with van der Waals surface area (Å²) < 4.78 is 31.9. The Morgan fingerprint density at radius 3 is 2.63 bits per heavy atom. The lowest BCUT2D eigenvalue weighted by molar-refractivity contribution is 0.374. The number of benzene rings is 1. The monoisotopic (exact) mass is 267 g/mol. The van der Waals surface area contributed by atoms with E-state index in [1.54, 1.807) is 0 Å². The summed E-state index contributed by atoms with van der Waals surface area (Å²) in [4.78, 5) is 4.08. The first-order chi connectivity index (χ1) is 9.10. The highest BCUT2D eigenvalue weighted by Gasteiger charge is 2.14. The number of nitrogens with two attached hydrogens (primary N) is 1. The number of aromatic nitrogens is 2. The zero-order chi connectivity index (χ0) is 13.8. The van der Waals surface area contributed by atoms with Gasteiger partial charge in [-0.15, -0.1) is 0 Å². The molecule has 0 aliphatic carbocycles. The van der Waals surface area contributed by atoms with Gasteiger partial charge in [0.15, 0.2) is 5.82 Å². The minimum absolute atomic E-state index is 0.0457. The largest absolute Gasteiger partial charge is 0.339 e. The van der Waals surface area contributed by atoms with E-state index < -0.39 is 11.6 Å². The zero-order valence-corrected chi connectivity index (χ0v) is 10.6. The van der Waals surface area contributed by atoms with E-state index in [1.807, 2.05) is 6.92 Å². The standard InChI is InChI=1S/C13H15F2N3O/c1-2-8(16)6-12-17-13(19-18-12)7-9-10(14)4-3-5-11(9)15/h3-5,8H,2,6-7,16H2,1H3. The van der Waals surface area contributed by atoms with Crippen LogP contribution >= 0.6 is 0 Å². The van der Waals surface area contributed by atoms with Gasteiger partial charge in [-0.1, -0.05) is 18.1 Å². The van der Waals surface area contributed by atoms with Crippen LogP contribution in [-0.4, -0.2) is 16.2 Å². The molecule has 2 N–H and O–H groups in total. The summed E-state index contributed by atoms with van der Waals surface area (Å²) in [5.74, 6) is -0.599. The molecular formula is C13H15F2N3O. The molecule has 102 valence electrons. The van der Waals surface area contributed by atoms with Gasteiger partial charge in [-0.05, 0) is 18.6 Å². The van der Waals surface area contributed by atoms with Crippen LogP contribution in [0.25, 0.3) is 0 Å². The molecule has 0 amide bonds. The topological polar surface area (TPSA) is 64.9 Å². The minimum atomic E-state index is -0.620. The van der Waals surface area contributed by atoms with Crippen molar-refractivity contribution < 1.29 is 13.3 Å². The maximum atomic E-state index is 13.5. The van der Waals surface area contributed by atoms with Crippen LogP contribution in [0.2, 0.25) is 0 Å². The molecule has 0 fully saturated rings. The van der Waals surface area contributed by atoms with E-state index in [-0.39, 0.29) is 23.9 Å². The second kappa shape index (κ2) is 5.88. The van der Waals surface area contributed by atoms with Gasteiger partial charge in [-0.25, -0.2) is 8.78 Å². The van der Waals surface area contributed by atoms with Gasteiger partial charge in [0.05, 0.1) is 6.42 Å². The summed E-state index contributed by atoms with van der Waals surface area (Å²) in [5.41, 5.74) is 5.70. The maximum absolute atomic E-state index is 13.5. The average Bonchev–Trinajstić information content (AvgIpc) is 2.81. The van der Waals surface area contributed by atoms with E-state index in [1.165, 1.54) is 18.2 Å². The molecule has 1 atom stereocenters. The van der Waals surface area contributed by atoms with Crippen molar-refractivity contribution in [3.8, 4) is 0 Å². The van der Waals surface area contributed by atoms with Gasteiger partial charge in [0, 0.05) is 18.0 Å². The molecule has 0 aliphatic rings. The Hall–Kier alpha value is -1.82. The zero-order valence-electron chi connectivity index (χ0n) is 10.6. The fourth-order valence-corrected chi connectivity index (χ4v) is 1.68. The second-order valence-corrected chi connectivity index (χ2v) is 4.35. The van der Waals surface area contributed by atoms with Crippen LogP contribution in [0.5, 0.6) is 0 Å². The molecule has 2 rings (SSSR count). The van der Waals surface area contributed by atoms with Gasteiger partial charge >= 0.3 is 0 Å². The number of nitrogens with zero attached hydrogens (tertiary/aromatic N) is 2. The molecule has 0 radical (unpaired) electrons. The van der Waals surface area contributed by atoms with Gasteiger partial charge in [0.25, 0.3) is 0 Å². The van der Waals surface area contributed by atoms with Crippen molar-refractivity contribution in [2.75, 3.05) is 0 Å². The van der Waals surface area contributed by atoms with Gasteiger partial charge in [-0.2, -0.15) is 4.98 Å². The van der Waals surface area contributed by atoms with E-state index in [0.29, 0.717) is 12.2 Å². The quantitative estimate of drug-likeness (QED) is 0.902. The third kappa shape index (κ3) is 3.35. The van der Waals surface area contributed by atoms with E-state index >= 15 is 0 Å². The van der Waals surface area contributed by atoms with E-state index in [4.69, 9.17) is 10.3 Å². The highest BCUT2D eigenvalue weighted by Crippen LogP contribution is 2.16. The van der Waals surface area contributed by atoms with E-state index in [9.17, 15) is 8.78 Å². The molecule has 1 unspecified atom stereocenters. The van der Waals surface area contributed by atoms with Crippen molar-refractivity contribution in [1.29, 1.82) is 0 Å². The third-order valence-electron chi connectivity index (χ3n) is 2.87. The third-order valence-corrected chi connectivity index (χ3v) is 2.87. The van der Waals surface area contributed by atoms with E-state index in [0.717, 1.165) is 6.42 Å². The van der Waals surface area contributed by atoms with Gasteiger partial charge in [0.2, 0.25) is 5.89 Å². The Kier molecular flexibility index (Phi) is 4.21. The van der Waals surface area contributed by atoms with Crippen LogP contribution in [0.4, 0.5) is 8.78 Å². The number of halogens is 2. The fraction of sp³-hybridized carbons (Fsp3) is 0.385. The highest BCUT2D eigenvalue weighted by atomic mass is 19.1. The Morgan fingerprint density at radius 2 is 2.00 bits per heavy atom.